The Morgan fingerprint density at radius 2 is 1.87 bits per heavy atom. The van der Waals surface area contributed by atoms with E-state index in [4.69, 9.17) is 14.7 Å². The molecule has 23 heavy (non-hydrogen) atoms. The molecule has 1 unspecified atom stereocenters. The number of nitriles is 1. The van der Waals surface area contributed by atoms with Gasteiger partial charge in [-0.25, -0.2) is 4.79 Å². The summed E-state index contributed by atoms with van der Waals surface area (Å²) in [6.45, 7) is 3.99. The average Bonchev–Trinajstić information content (AvgIpc) is 2.60. The maximum absolute atomic E-state index is 11.8. The van der Waals surface area contributed by atoms with Crippen LogP contribution in [0.3, 0.4) is 0 Å². The maximum atomic E-state index is 11.8. The molecular formula is C19H19NO3. The van der Waals surface area contributed by atoms with Gasteiger partial charge >= 0.3 is 5.97 Å². The molecule has 0 heterocycles. The number of carbonyl (C=O) groups is 1. The molecule has 0 aliphatic rings. The zero-order chi connectivity index (χ0) is 16.7. The number of esters is 1. The summed E-state index contributed by atoms with van der Waals surface area (Å²) >= 11 is 0. The largest absolute Gasteiger partial charge is 0.479 e. The van der Waals surface area contributed by atoms with Crippen molar-refractivity contribution in [1.82, 2.24) is 0 Å². The van der Waals surface area contributed by atoms with E-state index in [1.54, 1.807) is 13.0 Å². The normalized spacial score (nSPS) is 11.3. The van der Waals surface area contributed by atoms with Crippen molar-refractivity contribution in [3.63, 3.8) is 0 Å². The highest BCUT2D eigenvalue weighted by molar-refractivity contribution is 5.75. The molecule has 0 aliphatic carbocycles. The molecule has 0 aromatic heterocycles. The summed E-state index contributed by atoms with van der Waals surface area (Å²) in [4.78, 5) is 11.8. The van der Waals surface area contributed by atoms with Crippen LogP contribution in [0.1, 0.15) is 25.8 Å². The van der Waals surface area contributed by atoms with E-state index in [0.717, 1.165) is 11.1 Å². The average molecular weight is 309 g/mol. The molecule has 0 radical (unpaired) electrons. The van der Waals surface area contributed by atoms with Gasteiger partial charge in [-0.3, -0.25) is 0 Å². The van der Waals surface area contributed by atoms with Crippen LogP contribution in [0.15, 0.2) is 48.5 Å². The highest BCUT2D eigenvalue weighted by Gasteiger charge is 2.19. The maximum Gasteiger partial charge on any atom is 0.347 e. The van der Waals surface area contributed by atoms with Crippen molar-refractivity contribution >= 4 is 5.97 Å². The molecule has 2 aromatic carbocycles. The van der Waals surface area contributed by atoms with Gasteiger partial charge in [-0.2, -0.15) is 5.26 Å². The van der Waals surface area contributed by atoms with Gasteiger partial charge in [0, 0.05) is 0 Å². The van der Waals surface area contributed by atoms with E-state index in [9.17, 15) is 4.79 Å². The second-order valence-electron chi connectivity index (χ2n) is 4.98. The number of carbonyl (C=O) groups excluding carboxylic acids is 1. The zero-order valence-electron chi connectivity index (χ0n) is 13.3. The first-order chi connectivity index (χ1) is 11.2. The lowest BCUT2D eigenvalue weighted by molar-refractivity contribution is -0.151. The predicted molar refractivity (Wildman–Crippen MR) is 87.9 cm³/mol. The fourth-order valence-corrected chi connectivity index (χ4v) is 2.19. The fraction of sp³-hybridized carbons (Fsp3) is 0.263. The van der Waals surface area contributed by atoms with Crippen LogP contribution in [0.25, 0.3) is 11.1 Å². The number of ether oxygens (including phenoxy) is 2. The molecule has 4 nitrogen and oxygen atoms in total. The van der Waals surface area contributed by atoms with Crippen LogP contribution < -0.4 is 4.74 Å². The second kappa shape index (κ2) is 8.00. The van der Waals surface area contributed by atoms with Gasteiger partial charge < -0.3 is 9.47 Å². The van der Waals surface area contributed by atoms with Crippen LogP contribution in [0, 0.1) is 11.3 Å². The third-order valence-corrected chi connectivity index (χ3v) is 3.38. The first-order valence-corrected chi connectivity index (χ1v) is 7.61. The van der Waals surface area contributed by atoms with Crippen molar-refractivity contribution in [1.29, 1.82) is 5.26 Å². The lowest BCUT2D eigenvalue weighted by atomic mass is 10.0. The predicted octanol–water partition coefficient (Wildman–Crippen LogP) is 3.95. The topological polar surface area (TPSA) is 59.3 Å². The summed E-state index contributed by atoms with van der Waals surface area (Å²) < 4.78 is 10.7. The number of hydrogen-bond acceptors (Lipinski definition) is 4. The van der Waals surface area contributed by atoms with Crippen molar-refractivity contribution in [2.75, 3.05) is 6.61 Å². The molecule has 0 spiro atoms. The van der Waals surface area contributed by atoms with E-state index in [-0.39, 0.29) is 5.97 Å². The summed E-state index contributed by atoms with van der Waals surface area (Å²) in [5, 5.41) is 8.96. The van der Waals surface area contributed by atoms with Gasteiger partial charge in [-0.15, -0.1) is 0 Å². The fourth-order valence-electron chi connectivity index (χ4n) is 2.19. The Balaban J connectivity index is 2.12. The molecule has 0 amide bonds. The summed E-state index contributed by atoms with van der Waals surface area (Å²) in [5.74, 6) is 0.269. The third kappa shape index (κ3) is 4.33. The standard InChI is InChI=1S/C19H19NO3/c1-3-18(19(21)22-4-2)23-17-10-8-15(9-11-17)16-7-5-6-14(12-16)13-20/h5-12,18H,3-4H2,1-2H3. The first kappa shape index (κ1) is 16.6. The number of benzene rings is 2. The van der Waals surface area contributed by atoms with Gasteiger partial charge in [-0.1, -0.05) is 31.2 Å². The smallest absolute Gasteiger partial charge is 0.347 e. The van der Waals surface area contributed by atoms with Gasteiger partial charge in [0.2, 0.25) is 0 Å². The van der Waals surface area contributed by atoms with Gasteiger partial charge in [0.05, 0.1) is 18.2 Å². The second-order valence-corrected chi connectivity index (χ2v) is 4.98. The molecule has 0 bridgehead atoms. The summed E-state index contributed by atoms with van der Waals surface area (Å²) in [6.07, 6.45) is -0.0483. The van der Waals surface area contributed by atoms with E-state index in [2.05, 4.69) is 6.07 Å². The Labute approximate surface area is 136 Å². The van der Waals surface area contributed by atoms with E-state index in [0.29, 0.717) is 24.3 Å². The highest BCUT2D eigenvalue weighted by atomic mass is 16.6. The van der Waals surface area contributed by atoms with E-state index in [1.807, 2.05) is 49.4 Å². The van der Waals surface area contributed by atoms with Crippen LogP contribution in [0.4, 0.5) is 0 Å². The molecule has 0 aliphatic heterocycles. The van der Waals surface area contributed by atoms with Crippen LogP contribution in [-0.2, 0) is 9.53 Å². The van der Waals surface area contributed by atoms with Gasteiger partial charge in [0.15, 0.2) is 6.10 Å². The Hall–Kier alpha value is -2.80. The molecule has 4 heteroatoms. The molecule has 0 N–H and O–H groups in total. The molecule has 2 rings (SSSR count). The lowest BCUT2D eigenvalue weighted by Gasteiger charge is -2.16. The summed E-state index contributed by atoms with van der Waals surface area (Å²) in [5.41, 5.74) is 2.57. The minimum absolute atomic E-state index is 0.340. The molecule has 2 aromatic rings. The molecule has 0 saturated carbocycles. The molecule has 0 fully saturated rings. The lowest BCUT2D eigenvalue weighted by Crippen LogP contribution is -2.28. The van der Waals surface area contributed by atoms with Crippen molar-refractivity contribution in [3.05, 3.63) is 54.1 Å². The van der Waals surface area contributed by atoms with Gasteiger partial charge in [-0.05, 0) is 48.7 Å². The molecule has 118 valence electrons. The number of nitrogens with zero attached hydrogens (tertiary/aromatic N) is 1. The van der Waals surface area contributed by atoms with Crippen LogP contribution >= 0.6 is 0 Å². The summed E-state index contributed by atoms with van der Waals surface area (Å²) in [7, 11) is 0. The Morgan fingerprint density at radius 3 is 2.48 bits per heavy atom. The quantitative estimate of drug-likeness (QED) is 0.758. The van der Waals surface area contributed by atoms with Crippen LogP contribution in [0.2, 0.25) is 0 Å². The van der Waals surface area contributed by atoms with E-state index >= 15 is 0 Å². The van der Waals surface area contributed by atoms with Gasteiger partial charge in [0.25, 0.3) is 0 Å². The first-order valence-electron chi connectivity index (χ1n) is 7.61. The monoisotopic (exact) mass is 309 g/mol. The van der Waals surface area contributed by atoms with Crippen molar-refractivity contribution in [2.24, 2.45) is 0 Å². The molecule has 0 saturated heterocycles. The SMILES string of the molecule is CCOC(=O)C(CC)Oc1ccc(-c2cccc(C#N)c2)cc1. The summed E-state index contributed by atoms with van der Waals surface area (Å²) in [6, 6.07) is 17.0. The van der Waals surface area contributed by atoms with Crippen molar-refractivity contribution in [2.45, 2.75) is 26.4 Å². The Bertz CT molecular complexity index is 701. The van der Waals surface area contributed by atoms with Crippen LogP contribution in [-0.4, -0.2) is 18.7 Å². The number of rotatable bonds is 6. The van der Waals surface area contributed by atoms with Crippen molar-refractivity contribution in [3.8, 4) is 22.9 Å². The Kier molecular flexibility index (Phi) is 5.76. The number of hydrogen-bond donors (Lipinski definition) is 0. The third-order valence-electron chi connectivity index (χ3n) is 3.38. The van der Waals surface area contributed by atoms with Gasteiger partial charge in [0.1, 0.15) is 5.75 Å². The minimum Gasteiger partial charge on any atom is -0.479 e. The molecular weight excluding hydrogens is 290 g/mol. The van der Waals surface area contributed by atoms with Crippen molar-refractivity contribution < 1.29 is 14.3 Å². The van der Waals surface area contributed by atoms with E-state index in [1.165, 1.54) is 0 Å². The zero-order valence-corrected chi connectivity index (χ0v) is 13.3. The Morgan fingerprint density at radius 1 is 1.13 bits per heavy atom. The van der Waals surface area contributed by atoms with E-state index < -0.39 is 6.10 Å². The van der Waals surface area contributed by atoms with Crippen LogP contribution in [0.5, 0.6) is 5.75 Å². The highest BCUT2D eigenvalue weighted by Crippen LogP contribution is 2.24. The minimum atomic E-state index is -0.595. The molecule has 1 atom stereocenters.